The highest BCUT2D eigenvalue weighted by Gasteiger charge is 2.37. The Morgan fingerprint density at radius 1 is 1.13 bits per heavy atom. The molecule has 1 fully saturated rings. The maximum atomic E-state index is 13.6. The molecule has 2 aromatic heterocycles. The number of para-hydroxylation sites is 1. The van der Waals surface area contributed by atoms with Crippen LogP contribution in [0.1, 0.15) is 30.1 Å². The Kier molecular flexibility index (Phi) is 4.62. The molecule has 0 spiro atoms. The van der Waals surface area contributed by atoms with Crippen LogP contribution >= 0.6 is 12.4 Å². The Morgan fingerprint density at radius 2 is 1.94 bits per heavy atom. The standard InChI is InChI=1S/C23H23N3O3S.ClH/c1-25-20-11-15-7-8-18(24-15)22(20)17-12-16(13-21(29-2)23(17)25)30(27,28)26-10-9-14-5-3-4-6-19(14)26;/h3-6,9-10,12-13,15,18,24H,7-8,11H2,1-2H3;1H. The van der Waals surface area contributed by atoms with E-state index >= 15 is 0 Å². The normalized spacial score (nSPS) is 20.1. The summed E-state index contributed by atoms with van der Waals surface area (Å²) in [5.41, 5.74) is 4.16. The lowest BCUT2D eigenvalue weighted by atomic mass is 9.99. The van der Waals surface area contributed by atoms with Gasteiger partial charge in [0.05, 0.1) is 23.0 Å². The number of nitrogens with one attached hydrogen (secondary N) is 1. The van der Waals surface area contributed by atoms with Gasteiger partial charge < -0.3 is 14.6 Å². The number of benzene rings is 2. The summed E-state index contributed by atoms with van der Waals surface area (Å²) in [5.74, 6) is 0.593. The molecule has 2 unspecified atom stereocenters. The summed E-state index contributed by atoms with van der Waals surface area (Å²) in [5, 5.41) is 5.56. The lowest BCUT2D eigenvalue weighted by molar-refractivity contribution is 0.416. The first-order chi connectivity index (χ1) is 14.5. The van der Waals surface area contributed by atoms with Crippen molar-refractivity contribution in [3.63, 3.8) is 0 Å². The molecular formula is C23H24ClN3O3S. The molecule has 4 heterocycles. The molecule has 6 nitrogen and oxygen atoms in total. The number of hydrogen-bond donors (Lipinski definition) is 1. The summed E-state index contributed by atoms with van der Waals surface area (Å²) >= 11 is 0. The van der Waals surface area contributed by atoms with Gasteiger partial charge in [0.1, 0.15) is 5.75 Å². The highest BCUT2D eigenvalue weighted by atomic mass is 35.5. The lowest BCUT2D eigenvalue weighted by Crippen LogP contribution is -2.32. The van der Waals surface area contributed by atoms with E-state index in [-0.39, 0.29) is 23.3 Å². The predicted molar refractivity (Wildman–Crippen MR) is 124 cm³/mol. The summed E-state index contributed by atoms with van der Waals surface area (Å²) < 4.78 is 36.5. The van der Waals surface area contributed by atoms with Gasteiger partial charge in [-0.3, -0.25) is 0 Å². The Labute approximate surface area is 187 Å². The number of aryl methyl sites for hydroxylation is 1. The molecule has 1 saturated heterocycles. The van der Waals surface area contributed by atoms with Crippen LogP contribution < -0.4 is 10.1 Å². The fraction of sp³-hybridized carbons (Fsp3) is 0.304. The minimum atomic E-state index is -3.77. The van der Waals surface area contributed by atoms with E-state index in [2.05, 4.69) is 16.9 Å². The van der Waals surface area contributed by atoms with Crippen LogP contribution in [0.5, 0.6) is 5.75 Å². The number of fused-ring (bicyclic) bond motifs is 7. The largest absolute Gasteiger partial charge is 0.495 e. The molecule has 2 aliphatic rings. The second kappa shape index (κ2) is 7.02. The van der Waals surface area contributed by atoms with E-state index in [0.29, 0.717) is 17.3 Å². The highest BCUT2D eigenvalue weighted by molar-refractivity contribution is 7.90. The molecule has 0 amide bonds. The van der Waals surface area contributed by atoms with Gasteiger partial charge in [0.25, 0.3) is 10.0 Å². The maximum Gasteiger partial charge on any atom is 0.268 e. The molecule has 0 radical (unpaired) electrons. The summed E-state index contributed by atoms with van der Waals surface area (Å²) in [4.78, 5) is 0.252. The first kappa shape index (κ1) is 20.4. The fourth-order valence-corrected chi connectivity index (χ4v) is 6.76. The third kappa shape index (κ3) is 2.76. The van der Waals surface area contributed by atoms with E-state index in [1.54, 1.807) is 19.4 Å². The van der Waals surface area contributed by atoms with Crippen molar-refractivity contribution in [3.05, 3.63) is 59.9 Å². The Hall–Kier alpha value is -2.48. The molecule has 2 atom stereocenters. The second-order valence-corrected chi connectivity index (χ2v) is 10.1. The summed E-state index contributed by atoms with van der Waals surface area (Å²) in [6, 6.07) is 13.6. The average molecular weight is 458 g/mol. The van der Waals surface area contributed by atoms with Crippen molar-refractivity contribution in [2.75, 3.05) is 7.11 Å². The van der Waals surface area contributed by atoms with Crippen molar-refractivity contribution in [1.82, 2.24) is 13.9 Å². The zero-order valence-corrected chi connectivity index (χ0v) is 19.0. The number of methoxy groups -OCH3 is 1. The quantitative estimate of drug-likeness (QED) is 0.502. The predicted octanol–water partition coefficient (Wildman–Crippen LogP) is 4.15. The lowest BCUT2D eigenvalue weighted by Gasteiger charge is -2.23. The molecule has 162 valence electrons. The summed E-state index contributed by atoms with van der Waals surface area (Å²) in [6.45, 7) is 0. The Bertz CT molecular complexity index is 1440. The Balaban J connectivity index is 0.00000204. The summed E-state index contributed by atoms with van der Waals surface area (Å²) in [6.07, 6.45) is 4.83. The molecule has 2 bridgehead atoms. The van der Waals surface area contributed by atoms with E-state index < -0.39 is 10.0 Å². The Morgan fingerprint density at radius 3 is 2.74 bits per heavy atom. The van der Waals surface area contributed by atoms with Crippen LogP contribution in [-0.4, -0.2) is 30.1 Å². The van der Waals surface area contributed by atoms with E-state index in [1.807, 2.05) is 36.4 Å². The van der Waals surface area contributed by atoms with Crippen LogP contribution in [0.2, 0.25) is 0 Å². The van der Waals surface area contributed by atoms with Crippen molar-refractivity contribution >= 4 is 44.2 Å². The van der Waals surface area contributed by atoms with E-state index in [0.717, 1.165) is 35.6 Å². The van der Waals surface area contributed by atoms with Gasteiger partial charge in [0, 0.05) is 54.3 Å². The molecule has 6 rings (SSSR count). The average Bonchev–Trinajstić information content (AvgIpc) is 3.43. The van der Waals surface area contributed by atoms with Crippen molar-refractivity contribution in [2.24, 2.45) is 7.05 Å². The minimum Gasteiger partial charge on any atom is -0.495 e. The molecule has 31 heavy (non-hydrogen) atoms. The van der Waals surface area contributed by atoms with Gasteiger partial charge in [0.2, 0.25) is 0 Å². The van der Waals surface area contributed by atoms with Gasteiger partial charge in [0.15, 0.2) is 0 Å². The zero-order valence-electron chi connectivity index (χ0n) is 17.3. The molecule has 4 aromatic rings. The molecule has 0 aliphatic carbocycles. The molecule has 2 aliphatic heterocycles. The van der Waals surface area contributed by atoms with Crippen LogP contribution in [0.3, 0.4) is 0 Å². The van der Waals surface area contributed by atoms with Crippen molar-refractivity contribution < 1.29 is 13.2 Å². The number of halogens is 1. The molecule has 1 N–H and O–H groups in total. The smallest absolute Gasteiger partial charge is 0.268 e. The van der Waals surface area contributed by atoms with E-state index in [9.17, 15) is 8.42 Å². The molecule has 0 saturated carbocycles. The van der Waals surface area contributed by atoms with E-state index in [4.69, 9.17) is 4.74 Å². The topological polar surface area (TPSA) is 65.3 Å². The maximum absolute atomic E-state index is 13.6. The second-order valence-electron chi connectivity index (χ2n) is 8.31. The first-order valence-electron chi connectivity index (χ1n) is 10.3. The van der Waals surface area contributed by atoms with Crippen molar-refractivity contribution in [1.29, 1.82) is 0 Å². The number of aromatic nitrogens is 2. The van der Waals surface area contributed by atoms with Gasteiger partial charge in [-0.2, -0.15) is 0 Å². The number of ether oxygens (including phenoxy) is 1. The van der Waals surface area contributed by atoms with E-state index in [1.165, 1.54) is 15.2 Å². The van der Waals surface area contributed by atoms with Gasteiger partial charge in [-0.15, -0.1) is 12.4 Å². The molecule has 2 aromatic carbocycles. The minimum absolute atomic E-state index is 0. The zero-order chi connectivity index (χ0) is 20.6. The van der Waals surface area contributed by atoms with Gasteiger partial charge in [-0.05, 0) is 36.6 Å². The third-order valence-electron chi connectivity index (χ3n) is 6.76. The monoisotopic (exact) mass is 457 g/mol. The number of nitrogens with zero attached hydrogens (tertiary/aromatic N) is 2. The third-order valence-corrected chi connectivity index (χ3v) is 8.43. The van der Waals surface area contributed by atoms with Crippen LogP contribution in [0, 0.1) is 0 Å². The highest BCUT2D eigenvalue weighted by Crippen LogP contribution is 2.44. The van der Waals surface area contributed by atoms with Crippen LogP contribution in [-0.2, 0) is 23.5 Å². The van der Waals surface area contributed by atoms with Gasteiger partial charge >= 0.3 is 0 Å². The van der Waals surface area contributed by atoms with Crippen LogP contribution in [0.4, 0.5) is 0 Å². The fourth-order valence-electron chi connectivity index (χ4n) is 5.37. The first-order valence-corrected chi connectivity index (χ1v) is 11.7. The van der Waals surface area contributed by atoms with Crippen molar-refractivity contribution in [2.45, 2.75) is 36.2 Å². The SMILES string of the molecule is COc1cc(S(=O)(=O)n2ccc3ccccc32)cc2c3c(n(C)c12)CC1CCC3N1.Cl. The molecule has 8 heteroatoms. The summed E-state index contributed by atoms with van der Waals surface area (Å²) in [7, 11) is -0.109. The molecular weight excluding hydrogens is 434 g/mol. The van der Waals surface area contributed by atoms with Gasteiger partial charge in [-0.1, -0.05) is 18.2 Å². The number of hydrogen-bond acceptors (Lipinski definition) is 4. The van der Waals surface area contributed by atoms with Crippen molar-refractivity contribution in [3.8, 4) is 5.75 Å². The van der Waals surface area contributed by atoms with Crippen LogP contribution in [0.25, 0.3) is 21.8 Å². The van der Waals surface area contributed by atoms with Gasteiger partial charge in [-0.25, -0.2) is 12.4 Å². The number of rotatable bonds is 3. The van der Waals surface area contributed by atoms with Crippen LogP contribution in [0.15, 0.2) is 53.6 Å².